The van der Waals surface area contributed by atoms with Crippen molar-refractivity contribution in [2.24, 2.45) is 0 Å². The van der Waals surface area contributed by atoms with E-state index in [0.717, 1.165) is 0 Å². The number of ether oxygens (including phenoxy) is 1. The molecule has 1 aliphatic rings. The van der Waals surface area contributed by atoms with Crippen molar-refractivity contribution in [3.05, 3.63) is 68.2 Å². The van der Waals surface area contributed by atoms with Crippen LogP contribution in [0.3, 0.4) is 0 Å². The molecule has 2 aromatic rings. The van der Waals surface area contributed by atoms with Crippen LogP contribution < -0.4 is 4.74 Å². The summed E-state index contributed by atoms with van der Waals surface area (Å²) < 4.78 is 6.13. The average molecular weight is 405 g/mol. The number of benzene rings is 2. The lowest BCUT2D eigenvalue weighted by molar-refractivity contribution is -0.385. The zero-order valence-electron chi connectivity index (χ0n) is 13.0. The van der Waals surface area contributed by atoms with E-state index in [0.29, 0.717) is 27.8 Å². The van der Waals surface area contributed by atoms with Gasteiger partial charge in [-0.25, -0.2) is 0 Å². The van der Waals surface area contributed by atoms with E-state index in [4.69, 9.17) is 4.74 Å². The van der Waals surface area contributed by atoms with Crippen molar-refractivity contribution in [3.8, 4) is 5.75 Å². The number of carbonyl (C=O) groups excluding carboxylic acids is 2. The fourth-order valence-electron chi connectivity index (χ4n) is 2.56. The van der Waals surface area contributed by atoms with Crippen molar-refractivity contribution < 1.29 is 19.2 Å². The molecule has 0 radical (unpaired) electrons. The summed E-state index contributed by atoms with van der Waals surface area (Å²) in [5.41, 5.74) is 0.753. The summed E-state index contributed by atoms with van der Waals surface area (Å²) in [6.45, 7) is 0.437. The third kappa shape index (κ3) is 3.39. The van der Waals surface area contributed by atoms with Crippen molar-refractivity contribution in [2.75, 3.05) is 13.2 Å². The van der Waals surface area contributed by atoms with Gasteiger partial charge in [0.1, 0.15) is 5.75 Å². The number of non-ortho nitro benzene ring substituents is 1. The number of amides is 2. The van der Waals surface area contributed by atoms with Crippen LogP contribution in [-0.2, 0) is 0 Å². The van der Waals surface area contributed by atoms with Gasteiger partial charge in [-0.15, -0.1) is 0 Å². The number of fused-ring (bicyclic) bond motifs is 1. The maximum atomic E-state index is 12.2. The standard InChI is InChI=1S/C17H13BrN2O5/c18-14-7-6-11(20(23)24)10-15(14)25-9-3-8-19-16(21)12-4-1-2-5-13(12)17(19)22/h1-2,4-7,10H,3,8-9H2. The SMILES string of the molecule is O=C1c2ccccc2C(=O)N1CCCOc1cc([N+](=O)[O-])ccc1Br. The molecule has 7 nitrogen and oxygen atoms in total. The Morgan fingerprint density at radius 3 is 2.32 bits per heavy atom. The van der Waals surface area contributed by atoms with E-state index in [-0.39, 0.29) is 30.7 Å². The molecule has 25 heavy (non-hydrogen) atoms. The van der Waals surface area contributed by atoms with E-state index in [1.807, 2.05) is 0 Å². The number of nitro groups is 1. The monoisotopic (exact) mass is 404 g/mol. The van der Waals surface area contributed by atoms with Gasteiger partial charge in [-0.05, 0) is 40.5 Å². The van der Waals surface area contributed by atoms with Crippen LogP contribution in [0.25, 0.3) is 0 Å². The molecule has 0 N–H and O–H groups in total. The average Bonchev–Trinajstić information content (AvgIpc) is 2.85. The summed E-state index contributed by atoms with van der Waals surface area (Å²) in [6, 6.07) is 10.9. The Hall–Kier alpha value is -2.74. The number of hydrogen-bond acceptors (Lipinski definition) is 5. The minimum absolute atomic E-state index is 0.0708. The number of halogens is 1. The van der Waals surface area contributed by atoms with Crippen LogP contribution in [0.1, 0.15) is 27.1 Å². The van der Waals surface area contributed by atoms with Gasteiger partial charge in [0, 0.05) is 12.6 Å². The highest BCUT2D eigenvalue weighted by Crippen LogP contribution is 2.29. The Kier molecular flexibility index (Phi) is 4.80. The molecule has 0 fully saturated rings. The van der Waals surface area contributed by atoms with E-state index in [9.17, 15) is 19.7 Å². The fourth-order valence-corrected chi connectivity index (χ4v) is 2.92. The second-order valence-corrected chi connectivity index (χ2v) is 6.24. The topological polar surface area (TPSA) is 89.8 Å². The van der Waals surface area contributed by atoms with Crippen molar-refractivity contribution >= 4 is 33.4 Å². The predicted octanol–water partition coefficient (Wildman–Crippen LogP) is 3.42. The largest absolute Gasteiger partial charge is 0.492 e. The third-order valence-corrected chi connectivity index (χ3v) is 4.44. The molecular weight excluding hydrogens is 392 g/mol. The van der Waals surface area contributed by atoms with E-state index < -0.39 is 4.92 Å². The second-order valence-electron chi connectivity index (χ2n) is 5.38. The molecule has 3 rings (SSSR count). The quantitative estimate of drug-likeness (QED) is 0.318. The fraction of sp³-hybridized carbons (Fsp3) is 0.176. The van der Waals surface area contributed by atoms with Gasteiger partial charge in [-0.1, -0.05) is 12.1 Å². The zero-order chi connectivity index (χ0) is 18.0. The summed E-state index contributed by atoms with van der Waals surface area (Å²) in [6.07, 6.45) is 0.417. The Balaban J connectivity index is 1.58. The van der Waals surface area contributed by atoms with Gasteiger partial charge in [0.25, 0.3) is 17.5 Å². The van der Waals surface area contributed by atoms with Crippen LogP contribution in [0.2, 0.25) is 0 Å². The minimum Gasteiger partial charge on any atom is -0.492 e. The molecule has 0 atom stereocenters. The predicted molar refractivity (Wildman–Crippen MR) is 92.7 cm³/mol. The molecule has 0 unspecified atom stereocenters. The number of carbonyl (C=O) groups is 2. The van der Waals surface area contributed by atoms with Crippen molar-refractivity contribution in [2.45, 2.75) is 6.42 Å². The first-order valence-electron chi connectivity index (χ1n) is 7.51. The molecule has 0 saturated heterocycles. The van der Waals surface area contributed by atoms with Crippen LogP contribution in [0.5, 0.6) is 5.75 Å². The van der Waals surface area contributed by atoms with Crippen LogP contribution in [0.4, 0.5) is 5.69 Å². The van der Waals surface area contributed by atoms with Gasteiger partial charge in [0.2, 0.25) is 0 Å². The Morgan fingerprint density at radius 1 is 1.08 bits per heavy atom. The molecule has 0 aromatic heterocycles. The van der Waals surface area contributed by atoms with Crippen molar-refractivity contribution in [1.29, 1.82) is 0 Å². The molecule has 0 bridgehead atoms. The Bertz CT molecular complexity index is 833. The first-order valence-corrected chi connectivity index (χ1v) is 8.30. The van der Waals surface area contributed by atoms with Gasteiger partial charge in [0.15, 0.2) is 0 Å². The Morgan fingerprint density at radius 2 is 1.72 bits per heavy atom. The first kappa shape index (κ1) is 17.1. The highest BCUT2D eigenvalue weighted by Gasteiger charge is 2.34. The van der Waals surface area contributed by atoms with E-state index in [1.54, 1.807) is 24.3 Å². The van der Waals surface area contributed by atoms with E-state index in [1.165, 1.54) is 23.1 Å². The molecule has 1 aliphatic heterocycles. The minimum atomic E-state index is -0.502. The van der Waals surface area contributed by atoms with Gasteiger partial charge < -0.3 is 4.74 Å². The summed E-state index contributed by atoms with van der Waals surface area (Å²) in [7, 11) is 0. The van der Waals surface area contributed by atoms with Crippen LogP contribution in [0, 0.1) is 10.1 Å². The molecule has 8 heteroatoms. The summed E-state index contributed by atoms with van der Waals surface area (Å²) in [5, 5.41) is 10.8. The summed E-state index contributed by atoms with van der Waals surface area (Å²) in [5.74, 6) is -0.272. The van der Waals surface area contributed by atoms with Gasteiger partial charge in [0.05, 0.1) is 33.2 Å². The van der Waals surface area contributed by atoms with Gasteiger partial charge in [-0.3, -0.25) is 24.6 Å². The molecule has 128 valence electrons. The van der Waals surface area contributed by atoms with E-state index in [2.05, 4.69) is 15.9 Å². The zero-order valence-corrected chi connectivity index (χ0v) is 14.6. The lowest BCUT2D eigenvalue weighted by Crippen LogP contribution is -2.31. The normalized spacial score (nSPS) is 13.1. The number of hydrogen-bond donors (Lipinski definition) is 0. The maximum Gasteiger partial charge on any atom is 0.273 e. The first-order chi connectivity index (χ1) is 12.0. The van der Waals surface area contributed by atoms with Gasteiger partial charge >= 0.3 is 0 Å². The molecule has 0 aliphatic carbocycles. The highest BCUT2D eigenvalue weighted by molar-refractivity contribution is 9.10. The lowest BCUT2D eigenvalue weighted by Gasteiger charge is -2.14. The number of nitro benzene ring substituents is 1. The molecule has 0 spiro atoms. The van der Waals surface area contributed by atoms with Crippen LogP contribution in [-0.4, -0.2) is 34.8 Å². The molecular formula is C17H13BrN2O5. The van der Waals surface area contributed by atoms with E-state index >= 15 is 0 Å². The highest BCUT2D eigenvalue weighted by atomic mass is 79.9. The van der Waals surface area contributed by atoms with Crippen molar-refractivity contribution in [3.63, 3.8) is 0 Å². The second kappa shape index (κ2) is 7.02. The third-order valence-electron chi connectivity index (χ3n) is 3.79. The molecule has 0 saturated carbocycles. The van der Waals surface area contributed by atoms with Gasteiger partial charge in [-0.2, -0.15) is 0 Å². The number of rotatable bonds is 6. The molecule has 2 aromatic carbocycles. The van der Waals surface area contributed by atoms with Crippen LogP contribution in [0.15, 0.2) is 46.9 Å². The lowest BCUT2D eigenvalue weighted by atomic mass is 10.1. The maximum absolute atomic E-state index is 12.2. The Labute approximate surface area is 151 Å². The molecule has 2 amide bonds. The number of imide groups is 1. The van der Waals surface area contributed by atoms with Crippen LogP contribution >= 0.6 is 15.9 Å². The summed E-state index contributed by atoms with van der Waals surface area (Å²) >= 11 is 3.27. The number of nitrogens with zero attached hydrogens (tertiary/aromatic N) is 2. The molecule has 1 heterocycles. The van der Waals surface area contributed by atoms with Crippen molar-refractivity contribution in [1.82, 2.24) is 4.90 Å². The summed E-state index contributed by atoms with van der Waals surface area (Å²) in [4.78, 5) is 35.9. The smallest absolute Gasteiger partial charge is 0.273 e.